The molecule has 1 N–H and O–H groups in total. The number of hydrogen-bond donors (Lipinski definition) is 1. The summed E-state index contributed by atoms with van der Waals surface area (Å²) in [5.41, 5.74) is 0.819. The molecule has 0 aliphatic carbocycles. The number of nitrogens with zero attached hydrogens (tertiary/aromatic N) is 2. The fraction of sp³-hybridized carbons (Fsp3) is 0.333. The minimum absolute atomic E-state index is 0.0577. The first-order valence-corrected chi connectivity index (χ1v) is 15.6. The van der Waals surface area contributed by atoms with Gasteiger partial charge in [-0.05, 0) is 67.4 Å². The highest BCUT2D eigenvalue weighted by atomic mass is 79.9. The first kappa shape index (κ1) is 32.9. The van der Waals surface area contributed by atoms with Gasteiger partial charge < -0.3 is 19.7 Å². The second-order valence-electron chi connectivity index (χ2n) is 9.47. The molecule has 0 aromatic heterocycles. The van der Waals surface area contributed by atoms with Crippen molar-refractivity contribution in [2.24, 2.45) is 0 Å². The Balaban J connectivity index is 2.03. The van der Waals surface area contributed by atoms with E-state index >= 15 is 0 Å². The summed E-state index contributed by atoms with van der Waals surface area (Å²) in [5, 5.41) is 2.84. The van der Waals surface area contributed by atoms with Crippen LogP contribution in [0.4, 0.5) is 10.1 Å². The normalized spacial score (nSPS) is 11.9. The number of carbonyl (C=O) groups excluding carboxylic acids is 2. The molecule has 0 radical (unpaired) electrons. The molecule has 226 valence electrons. The molecule has 1 atom stereocenters. The summed E-state index contributed by atoms with van der Waals surface area (Å²) in [7, 11) is -1.57. The molecule has 0 aliphatic rings. The van der Waals surface area contributed by atoms with Crippen LogP contribution in [0.3, 0.4) is 0 Å². The monoisotopic (exact) mass is 663 g/mol. The molecule has 0 heterocycles. The fourth-order valence-electron chi connectivity index (χ4n) is 4.15. The van der Waals surface area contributed by atoms with E-state index in [1.165, 1.54) is 49.5 Å². The highest BCUT2D eigenvalue weighted by Gasteiger charge is 2.33. The molecule has 0 fully saturated rings. The van der Waals surface area contributed by atoms with Crippen LogP contribution >= 0.6 is 15.9 Å². The quantitative estimate of drug-likeness (QED) is 0.240. The first-order valence-electron chi connectivity index (χ1n) is 13.3. The maximum Gasteiger partial charge on any atom is 0.264 e. The number of ether oxygens (including phenoxy) is 2. The standard InChI is InChI=1S/C30H35BrFN3O6S/c1-5-6-17-33-30(37)21(2)34(19-22-7-9-23(31)10-8-22)29(36)20-35(25-13-11-24(32)12-14-25)42(38,39)26-15-16-27(40-3)28(18-26)41-4/h7-16,18,21H,5-6,17,19-20H2,1-4H3,(H,33,37). The summed E-state index contributed by atoms with van der Waals surface area (Å²) in [5.74, 6) is -1.04. The molecule has 12 heteroatoms. The first-order chi connectivity index (χ1) is 20.0. The van der Waals surface area contributed by atoms with Crippen LogP contribution in [0.1, 0.15) is 32.3 Å². The lowest BCUT2D eigenvalue weighted by Crippen LogP contribution is -2.51. The van der Waals surface area contributed by atoms with E-state index in [4.69, 9.17) is 9.47 Å². The Kier molecular flexibility index (Phi) is 11.7. The van der Waals surface area contributed by atoms with Gasteiger partial charge in [0.25, 0.3) is 10.0 Å². The smallest absolute Gasteiger partial charge is 0.264 e. The number of carbonyl (C=O) groups is 2. The van der Waals surface area contributed by atoms with E-state index in [0.717, 1.165) is 39.3 Å². The number of rotatable bonds is 14. The number of hydrogen-bond acceptors (Lipinski definition) is 6. The highest BCUT2D eigenvalue weighted by Crippen LogP contribution is 2.32. The van der Waals surface area contributed by atoms with Crippen molar-refractivity contribution in [1.82, 2.24) is 10.2 Å². The van der Waals surface area contributed by atoms with Gasteiger partial charge in [-0.2, -0.15) is 0 Å². The summed E-state index contributed by atoms with van der Waals surface area (Å²) in [6.45, 7) is 3.47. The number of amides is 2. The second kappa shape index (κ2) is 15.0. The Morgan fingerprint density at radius 2 is 1.62 bits per heavy atom. The Hall–Kier alpha value is -3.64. The second-order valence-corrected chi connectivity index (χ2v) is 12.3. The van der Waals surface area contributed by atoms with Crippen molar-refractivity contribution in [1.29, 1.82) is 0 Å². The minimum atomic E-state index is -4.37. The van der Waals surface area contributed by atoms with Gasteiger partial charge in [-0.25, -0.2) is 12.8 Å². The van der Waals surface area contributed by atoms with Gasteiger partial charge in [-0.15, -0.1) is 0 Å². The fourth-order valence-corrected chi connectivity index (χ4v) is 5.84. The zero-order valence-corrected chi connectivity index (χ0v) is 26.4. The predicted molar refractivity (Wildman–Crippen MR) is 163 cm³/mol. The SMILES string of the molecule is CCCCNC(=O)C(C)N(Cc1ccc(Br)cc1)C(=O)CN(c1ccc(F)cc1)S(=O)(=O)c1ccc(OC)c(OC)c1. The van der Waals surface area contributed by atoms with Gasteiger partial charge in [0.15, 0.2) is 11.5 Å². The van der Waals surface area contributed by atoms with Gasteiger partial charge >= 0.3 is 0 Å². The third-order valence-corrected chi connectivity index (χ3v) is 8.90. The highest BCUT2D eigenvalue weighted by molar-refractivity contribution is 9.10. The van der Waals surface area contributed by atoms with Gasteiger partial charge in [-0.1, -0.05) is 41.4 Å². The van der Waals surface area contributed by atoms with Gasteiger partial charge in [-0.3, -0.25) is 13.9 Å². The third-order valence-electron chi connectivity index (χ3n) is 6.60. The average Bonchev–Trinajstić information content (AvgIpc) is 2.99. The van der Waals surface area contributed by atoms with E-state index < -0.39 is 34.3 Å². The molecule has 1 unspecified atom stereocenters. The third kappa shape index (κ3) is 8.22. The zero-order chi connectivity index (χ0) is 30.9. The summed E-state index contributed by atoms with van der Waals surface area (Å²) >= 11 is 3.39. The molecule has 3 rings (SSSR count). The van der Waals surface area contributed by atoms with Crippen LogP contribution in [0, 0.1) is 5.82 Å². The Morgan fingerprint density at radius 1 is 0.976 bits per heavy atom. The number of halogens is 2. The molecule has 42 heavy (non-hydrogen) atoms. The summed E-state index contributed by atoms with van der Waals surface area (Å²) in [6, 6.07) is 15.2. The summed E-state index contributed by atoms with van der Waals surface area (Å²) in [4.78, 5) is 28.2. The Morgan fingerprint density at radius 3 is 2.21 bits per heavy atom. The van der Waals surface area contributed by atoms with E-state index in [0.29, 0.717) is 12.3 Å². The molecule has 2 amide bonds. The lowest BCUT2D eigenvalue weighted by atomic mass is 10.1. The van der Waals surface area contributed by atoms with Crippen LogP contribution in [0.2, 0.25) is 0 Å². The van der Waals surface area contributed by atoms with Crippen LogP contribution in [0.25, 0.3) is 0 Å². The molecule has 3 aromatic rings. The van der Waals surface area contributed by atoms with Crippen molar-refractivity contribution in [3.05, 3.63) is 82.6 Å². The number of nitrogens with one attached hydrogen (secondary N) is 1. The van der Waals surface area contributed by atoms with Crippen LogP contribution in [-0.2, 0) is 26.2 Å². The van der Waals surface area contributed by atoms with Crippen molar-refractivity contribution in [3.63, 3.8) is 0 Å². The van der Waals surface area contributed by atoms with E-state index in [1.54, 1.807) is 6.92 Å². The van der Waals surface area contributed by atoms with Crippen molar-refractivity contribution in [2.75, 3.05) is 31.6 Å². The Bertz CT molecular complexity index is 1470. The molecule has 0 aliphatic heterocycles. The molecule has 9 nitrogen and oxygen atoms in total. The lowest BCUT2D eigenvalue weighted by molar-refractivity contribution is -0.139. The van der Waals surface area contributed by atoms with E-state index in [-0.39, 0.29) is 28.8 Å². The van der Waals surface area contributed by atoms with Gasteiger partial charge in [0.2, 0.25) is 11.8 Å². The van der Waals surface area contributed by atoms with Crippen molar-refractivity contribution in [2.45, 2.75) is 44.2 Å². The average molecular weight is 665 g/mol. The van der Waals surface area contributed by atoms with Crippen molar-refractivity contribution in [3.8, 4) is 11.5 Å². The molecule has 0 bridgehead atoms. The van der Waals surface area contributed by atoms with Gasteiger partial charge in [0.1, 0.15) is 18.4 Å². The molecule has 0 saturated heterocycles. The van der Waals surface area contributed by atoms with Crippen LogP contribution in [0.5, 0.6) is 11.5 Å². The van der Waals surface area contributed by atoms with Crippen molar-refractivity contribution >= 4 is 43.5 Å². The van der Waals surface area contributed by atoms with Crippen LogP contribution < -0.4 is 19.1 Å². The maximum atomic E-state index is 14.0. The molecule has 3 aromatic carbocycles. The van der Waals surface area contributed by atoms with E-state index in [2.05, 4.69) is 21.2 Å². The minimum Gasteiger partial charge on any atom is -0.493 e. The topological polar surface area (TPSA) is 105 Å². The molecule has 0 saturated carbocycles. The molecular weight excluding hydrogens is 629 g/mol. The van der Waals surface area contributed by atoms with Crippen molar-refractivity contribution < 1.29 is 31.9 Å². The largest absolute Gasteiger partial charge is 0.493 e. The number of methoxy groups -OCH3 is 2. The zero-order valence-electron chi connectivity index (χ0n) is 24.0. The van der Waals surface area contributed by atoms with E-state index in [1.807, 2.05) is 31.2 Å². The Labute approximate surface area is 254 Å². The number of sulfonamides is 1. The predicted octanol–water partition coefficient (Wildman–Crippen LogP) is 5.13. The summed E-state index contributed by atoms with van der Waals surface area (Å²) < 4.78 is 54.1. The van der Waals surface area contributed by atoms with E-state index in [9.17, 15) is 22.4 Å². The van der Waals surface area contributed by atoms with Gasteiger partial charge in [0.05, 0.1) is 24.8 Å². The summed E-state index contributed by atoms with van der Waals surface area (Å²) in [6.07, 6.45) is 1.66. The number of unbranched alkanes of at least 4 members (excludes halogenated alkanes) is 1. The maximum absolute atomic E-state index is 14.0. The van der Waals surface area contributed by atoms with Crippen LogP contribution in [-0.4, -0.2) is 58.5 Å². The molecular formula is C30H35BrFN3O6S. The lowest BCUT2D eigenvalue weighted by Gasteiger charge is -2.32. The van der Waals surface area contributed by atoms with Crippen LogP contribution in [0.15, 0.2) is 76.1 Å². The number of benzene rings is 3. The number of anilines is 1. The van der Waals surface area contributed by atoms with Gasteiger partial charge in [0, 0.05) is 23.6 Å². The molecule has 0 spiro atoms.